The maximum Gasteiger partial charge on any atom is 0.407 e. The second-order valence-electron chi connectivity index (χ2n) is 6.94. The van der Waals surface area contributed by atoms with Crippen LogP contribution in [0.5, 0.6) is 0 Å². The maximum absolute atomic E-state index is 11.9. The summed E-state index contributed by atoms with van der Waals surface area (Å²) in [6.07, 6.45) is 2.07. The van der Waals surface area contributed by atoms with Gasteiger partial charge in [0.1, 0.15) is 28.6 Å². The van der Waals surface area contributed by atoms with Crippen LogP contribution < -0.4 is 10.2 Å². The lowest BCUT2D eigenvalue weighted by Gasteiger charge is -2.22. The fourth-order valence-corrected chi connectivity index (χ4v) is 2.91. The minimum atomic E-state index is -0.515. The molecule has 0 aliphatic carbocycles. The zero-order valence-electron chi connectivity index (χ0n) is 14.1. The quantitative estimate of drug-likeness (QED) is 0.884. The first-order valence-electron chi connectivity index (χ1n) is 7.98. The van der Waals surface area contributed by atoms with Crippen molar-refractivity contribution in [2.24, 2.45) is 0 Å². The van der Waals surface area contributed by atoms with Crippen LogP contribution >= 0.6 is 0 Å². The van der Waals surface area contributed by atoms with Crippen LogP contribution in [0, 0.1) is 11.3 Å². The van der Waals surface area contributed by atoms with Gasteiger partial charge in [0.25, 0.3) is 0 Å². The molecule has 7 nitrogen and oxygen atoms in total. The number of aromatic amines is 1. The Balaban J connectivity index is 1.72. The van der Waals surface area contributed by atoms with Gasteiger partial charge in [-0.15, -0.1) is 0 Å². The largest absolute Gasteiger partial charge is 0.444 e. The van der Waals surface area contributed by atoms with Crippen molar-refractivity contribution in [2.45, 2.75) is 38.8 Å². The van der Waals surface area contributed by atoms with E-state index in [2.05, 4.69) is 26.3 Å². The monoisotopic (exact) mass is 327 g/mol. The molecule has 0 saturated carbocycles. The molecule has 0 aromatic carbocycles. The van der Waals surface area contributed by atoms with Crippen molar-refractivity contribution in [1.82, 2.24) is 15.3 Å². The molecule has 1 amide bonds. The summed E-state index contributed by atoms with van der Waals surface area (Å²) in [5.74, 6) is 0.764. The van der Waals surface area contributed by atoms with Crippen LogP contribution in [0.3, 0.4) is 0 Å². The molecular formula is C17H21N5O2. The Bertz CT molecular complexity index is 799. The van der Waals surface area contributed by atoms with Crippen molar-refractivity contribution in [3.63, 3.8) is 0 Å². The Morgan fingerprint density at radius 2 is 2.33 bits per heavy atom. The van der Waals surface area contributed by atoms with Crippen LogP contribution in [0.15, 0.2) is 18.3 Å². The first kappa shape index (κ1) is 16.1. The van der Waals surface area contributed by atoms with Gasteiger partial charge in [-0.05, 0) is 39.3 Å². The van der Waals surface area contributed by atoms with Crippen LogP contribution in [-0.4, -0.2) is 40.8 Å². The number of carbonyl (C=O) groups excluding carboxylic acids is 1. The molecule has 1 atom stereocenters. The number of hydrogen-bond acceptors (Lipinski definition) is 5. The number of nitriles is 1. The van der Waals surface area contributed by atoms with Gasteiger partial charge in [-0.3, -0.25) is 4.98 Å². The molecule has 2 N–H and O–H groups in total. The van der Waals surface area contributed by atoms with Gasteiger partial charge in [-0.2, -0.15) is 5.26 Å². The smallest absolute Gasteiger partial charge is 0.407 e. The summed E-state index contributed by atoms with van der Waals surface area (Å²) >= 11 is 0. The number of rotatable bonds is 2. The number of aromatic nitrogens is 2. The molecule has 0 spiro atoms. The molecule has 1 fully saturated rings. The Morgan fingerprint density at radius 3 is 3.04 bits per heavy atom. The molecule has 1 saturated heterocycles. The van der Waals surface area contributed by atoms with E-state index in [4.69, 9.17) is 4.74 Å². The second-order valence-corrected chi connectivity index (χ2v) is 6.94. The number of ether oxygens (including phenoxy) is 1. The number of amides is 1. The van der Waals surface area contributed by atoms with Crippen LogP contribution in [0.4, 0.5) is 10.6 Å². The van der Waals surface area contributed by atoms with Gasteiger partial charge in [-0.25, -0.2) is 4.79 Å². The Hall–Kier alpha value is -2.75. The summed E-state index contributed by atoms with van der Waals surface area (Å²) in [6.45, 7) is 6.89. The first-order valence-corrected chi connectivity index (χ1v) is 7.98. The minimum absolute atomic E-state index is 0.00855. The van der Waals surface area contributed by atoms with E-state index < -0.39 is 11.7 Å². The van der Waals surface area contributed by atoms with Crippen molar-refractivity contribution in [3.8, 4) is 6.07 Å². The number of nitrogens with one attached hydrogen (secondary N) is 2. The zero-order valence-corrected chi connectivity index (χ0v) is 14.1. The predicted molar refractivity (Wildman–Crippen MR) is 90.8 cm³/mol. The molecule has 1 unspecified atom stereocenters. The molecule has 1 aliphatic heterocycles. The van der Waals surface area contributed by atoms with Crippen LogP contribution in [0.25, 0.3) is 11.0 Å². The number of H-pyrrole nitrogens is 1. The molecular weight excluding hydrogens is 306 g/mol. The first-order chi connectivity index (χ1) is 11.4. The lowest BCUT2D eigenvalue weighted by molar-refractivity contribution is 0.0509. The van der Waals surface area contributed by atoms with Crippen molar-refractivity contribution >= 4 is 22.9 Å². The maximum atomic E-state index is 11.9. The molecule has 0 bridgehead atoms. The normalized spacial score (nSPS) is 17.8. The topological polar surface area (TPSA) is 94.0 Å². The highest BCUT2D eigenvalue weighted by Crippen LogP contribution is 2.29. The van der Waals surface area contributed by atoms with E-state index >= 15 is 0 Å². The number of hydrogen-bond donors (Lipinski definition) is 2. The van der Waals surface area contributed by atoms with Gasteiger partial charge in [-0.1, -0.05) is 0 Å². The van der Waals surface area contributed by atoms with Crippen LogP contribution in [0.2, 0.25) is 0 Å². The third-order valence-corrected chi connectivity index (χ3v) is 3.87. The number of pyridine rings is 1. The summed E-state index contributed by atoms with van der Waals surface area (Å²) in [5.41, 5.74) is 1.55. The number of anilines is 1. The summed E-state index contributed by atoms with van der Waals surface area (Å²) < 4.78 is 5.29. The summed E-state index contributed by atoms with van der Waals surface area (Å²) in [4.78, 5) is 21.5. The van der Waals surface area contributed by atoms with E-state index in [1.54, 1.807) is 6.20 Å². The van der Waals surface area contributed by atoms with E-state index in [0.29, 0.717) is 17.6 Å². The fraction of sp³-hybridized carbons (Fsp3) is 0.471. The Labute approximate surface area is 140 Å². The summed E-state index contributed by atoms with van der Waals surface area (Å²) in [6, 6.07) is 5.96. The molecule has 0 radical (unpaired) electrons. The third kappa shape index (κ3) is 3.27. The van der Waals surface area contributed by atoms with Crippen molar-refractivity contribution in [1.29, 1.82) is 5.26 Å². The highest BCUT2D eigenvalue weighted by molar-refractivity contribution is 5.88. The predicted octanol–water partition coefficient (Wildman–Crippen LogP) is 2.54. The van der Waals surface area contributed by atoms with E-state index in [1.807, 2.05) is 32.9 Å². The second kappa shape index (κ2) is 6.04. The Kier molecular flexibility index (Phi) is 4.06. The fourth-order valence-electron chi connectivity index (χ4n) is 2.91. The zero-order chi connectivity index (χ0) is 17.3. The molecule has 1 aliphatic rings. The molecule has 24 heavy (non-hydrogen) atoms. The van der Waals surface area contributed by atoms with E-state index in [9.17, 15) is 10.1 Å². The molecule has 2 aromatic rings. The van der Waals surface area contributed by atoms with Crippen molar-refractivity contribution < 1.29 is 9.53 Å². The van der Waals surface area contributed by atoms with Crippen LogP contribution in [-0.2, 0) is 4.74 Å². The average molecular weight is 327 g/mol. The van der Waals surface area contributed by atoms with E-state index in [0.717, 1.165) is 24.3 Å². The van der Waals surface area contributed by atoms with Crippen LogP contribution in [0.1, 0.15) is 32.8 Å². The lowest BCUT2D eigenvalue weighted by Crippen LogP contribution is -2.40. The number of fused-ring (bicyclic) bond motifs is 1. The molecule has 126 valence electrons. The minimum Gasteiger partial charge on any atom is -0.444 e. The van der Waals surface area contributed by atoms with Gasteiger partial charge in [0.15, 0.2) is 0 Å². The van der Waals surface area contributed by atoms with E-state index in [-0.39, 0.29) is 6.04 Å². The van der Waals surface area contributed by atoms with E-state index in [1.165, 1.54) is 0 Å². The van der Waals surface area contributed by atoms with Gasteiger partial charge in [0, 0.05) is 19.3 Å². The van der Waals surface area contributed by atoms with Gasteiger partial charge < -0.3 is 19.9 Å². The SMILES string of the molecule is CC(C)(C)OC(=O)NC1CCN(c2[nH]c3cccnc3c2C#N)C1. The standard InChI is InChI=1S/C17H21N5O2/c1-17(2,3)24-16(23)20-11-6-8-22(10-11)15-12(9-18)14-13(21-15)5-4-7-19-14/h4-5,7,11,21H,6,8,10H2,1-3H3,(H,20,23). The Morgan fingerprint density at radius 1 is 1.54 bits per heavy atom. The highest BCUT2D eigenvalue weighted by Gasteiger charge is 2.29. The van der Waals surface area contributed by atoms with Crippen molar-refractivity contribution in [3.05, 3.63) is 23.9 Å². The molecule has 3 rings (SSSR count). The number of alkyl carbamates (subject to hydrolysis) is 1. The highest BCUT2D eigenvalue weighted by atomic mass is 16.6. The summed E-state index contributed by atoms with van der Waals surface area (Å²) in [7, 11) is 0. The lowest BCUT2D eigenvalue weighted by atomic mass is 10.2. The number of carbonyl (C=O) groups is 1. The molecule has 2 aromatic heterocycles. The number of nitrogens with zero attached hydrogens (tertiary/aromatic N) is 3. The third-order valence-electron chi connectivity index (χ3n) is 3.87. The van der Waals surface area contributed by atoms with Gasteiger partial charge in [0.2, 0.25) is 0 Å². The van der Waals surface area contributed by atoms with Crippen molar-refractivity contribution in [2.75, 3.05) is 18.0 Å². The molecule has 3 heterocycles. The summed E-state index contributed by atoms with van der Waals surface area (Å²) in [5, 5.41) is 12.4. The van der Waals surface area contributed by atoms with Gasteiger partial charge in [0.05, 0.1) is 11.6 Å². The molecule has 7 heteroatoms. The van der Waals surface area contributed by atoms with Gasteiger partial charge >= 0.3 is 6.09 Å². The average Bonchev–Trinajstić information content (AvgIpc) is 3.08.